The molecule has 0 saturated heterocycles. The summed E-state index contributed by atoms with van der Waals surface area (Å²) >= 11 is 0. The first-order chi connectivity index (χ1) is 7.67. The number of methoxy groups -OCH3 is 1. The van der Waals surface area contributed by atoms with Crippen LogP contribution in [-0.4, -0.2) is 25.8 Å². The summed E-state index contributed by atoms with van der Waals surface area (Å²) in [6.45, 7) is 7.24. The summed E-state index contributed by atoms with van der Waals surface area (Å²) in [4.78, 5) is 0. The first-order valence-corrected chi connectivity index (χ1v) is 5.71. The van der Waals surface area contributed by atoms with Gasteiger partial charge < -0.3 is 14.8 Å². The summed E-state index contributed by atoms with van der Waals surface area (Å²) in [5.41, 5.74) is 0. The maximum absolute atomic E-state index is 5.81. The third-order valence-corrected chi connectivity index (χ3v) is 2.61. The van der Waals surface area contributed by atoms with Crippen molar-refractivity contribution in [2.45, 2.75) is 32.9 Å². The number of hydrogen-bond donors (Lipinski definition) is 1. The molecule has 0 fully saturated rings. The van der Waals surface area contributed by atoms with Gasteiger partial charge in [-0.3, -0.25) is 0 Å². The van der Waals surface area contributed by atoms with Gasteiger partial charge in [-0.1, -0.05) is 6.92 Å². The van der Waals surface area contributed by atoms with E-state index in [0.29, 0.717) is 6.04 Å². The van der Waals surface area contributed by atoms with Gasteiger partial charge in [0.25, 0.3) is 0 Å². The minimum Gasteiger partial charge on any atom is -0.497 e. The summed E-state index contributed by atoms with van der Waals surface area (Å²) in [5.74, 6) is 1.72. The third kappa shape index (κ3) is 3.74. The number of ether oxygens (including phenoxy) is 2. The van der Waals surface area contributed by atoms with E-state index < -0.39 is 0 Å². The van der Waals surface area contributed by atoms with Gasteiger partial charge in [0, 0.05) is 6.04 Å². The number of hydrogen-bond acceptors (Lipinski definition) is 3. The summed E-state index contributed by atoms with van der Waals surface area (Å²) in [5, 5.41) is 3.34. The Balaban J connectivity index is 2.52. The average Bonchev–Trinajstić information content (AvgIpc) is 2.30. The van der Waals surface area contributed by atoms with E-state index in [-0.39, 0.29) is 6.10 Å². The van der Waals surface area contributed by atoms with Crippen molar-refractivity contribution in [3.05, 3.63) is 24.3 Å². The Morgan fingerprint density at radius 1 is 1.12 bits per heavy atom. The van der Waals surface area contributed by atoms with Crippen molar-refractivity contribution >= 4 is 0 Å². The molecule has 2 unspecified atom stereocenters. The van der Waals surface area contributed by atoms with Gasteiger partial charge in [0.2, 0.25) is 0 Å². The molecule has 1 rings (SSSR count). The highest BCUT2D eigenvalue weighted by Crippen LogP contribution is 2.18. The van der Waals surface area contributed by atoms with Crippen LogP contribution in [0, 0.1) is 0 Å². The van der Waals surface area contributed by atoms with Crippen molar-refractivity contribution in [1.29, 1.82) is 0 Å². The molecule has 1 aromatic rings. The van der Waals surface area contributed by atoms with Gasteiger partial charge in [-0.15, -0.1) is 0 Å². The van der Waals surface area contributed by atoms with E-state index in [1.807, 2.05) is 24.3 Å². The monoisotopic (exact) mass is 223 g/mol. The third-order valence-electron chi connectivity index (χ3n) is 2.61. The topological polar surface area (TPSA) is 30.5 Å². The summed E-state index contributed by atoms with van der Waals surface area (Å²) in [6.07, 6.45) is 0.147. The number of benzene rings is 1. The lowest BCUT2D eigenvalue weighted by Gasteiger charge is -2.22. The molecule has 0 aliphatic rings. The Kier molecular flexibility index (Phi) is 5.12. The maximum atomic E-state index is 5.81. The minimum absolute atomic E-state index is 0.147. The number of rotatable bonds is 6. The molecule has 0 spiro atoms. The molecule has 3 nitrogen and oxygen atoms in total. The van der Waals surface area contributed by atoms with Crippen molar-refractivity contribution in [1.82, 2.24) is 5.32 Å². The zero-order valence-electron chi connectivity index (χ0n) is 10.5. The van der Waals surface area contributed by atoms with E-state index in [1.54, 1.807) is 7.11 Å². The van der Waals surface area contributed by atoms with E-state index >= 15 is 0 Å². The average molecular weight is 223 g/mol. The number of nitrogens with one attached hydrogen (secondary N) is 1. The van der Waals surface area contributed by atoms with Crippen molar-refractivity contribution in [2.75, 3.05) is 13.7 Å². The molecule has 0 radical (unpaired) electrons. The molecule has 0 heterocycles. The molecule has 90 valence electrons. The molecular formula is C13H21NO2. The van der Waals surface area contributed by atoms with Gasteiger partial charge in [0.1, 0.15) is 17.6 Å². The van der Waals surface area contributed by atoms with Gasteiger partial charge in [-0.25, -0.2) is 0 Å². The van der Waals surface area contributed by atoms with E-state index in [4.69, 9.17) is 9.47 Å². The molecule has 0 amide bonds. The van der Waals surface area contributed by atoms with Crippen LogP contribution in [0.25, 0.3) is 0 Å². The first kappa shape index (κ1) is 12.8. The van der Waals surface area contributed by atoms with Gasteiger partial charge >= 0.3 is 0 Å². The van der Waals surface area contributed by atoms with Crippen LogP contribution in [-0.2, 0) is 0 Å². The van der Waals surface area contributed by atoms with Gasteiger partial charge in [-0.2, -0.15) is 0 Å². The molecule has 3 heteroatoms. The van der Waals surface area contributed by atoms with Crippen LogP contribution in [0.15, 0.2) is 24.3 Å². The van der Waals surface area contributed by atoms with Crippen LogP contribution in [0.1, 0.15) is 20.8 Å². The largest absolute Gasteiger partial charge is 0.497 e. The van der Waals surface area contributed by atoms with Crippen molar-refractivity contribution in [2.24, 2.45) is 0 Å². The SMILES string of the molecule is CCNC(C)C(C)Oc1ccc(OC)cc1. The molecule has 16 heavy (non-hydrogen) atoms. The van der Waals surface area contributed by atoms with Crippen LogP contribution in [0.5, 0.6) is 11.5 Å². The van der Waals surface area contributed by atoms with Crippen LogP contribution >= 0.6 is 0 Å². The highest BCUT2D eigenvalue weighted by Gasteiger charge is 2.12. The molecule has 1 aromatic carbocycles. The summed E-state index contributed by atoms with van der Waals surface area (Å²) in [7, 11) is 1.66. The van der Waals surface area contributed by atoms with Crippen LogP contribution in [0.4, 0.5) is 0 Å². The minimum atomic E-state index is 0.147. The van der Waals surface area contributed by atoms with E-state index in [2.05, 4.69) is 26.1 Å². The molecule has 2 atom stereocenters. The van der Waals surface area contributed by atoms with E-state index in [1.165, 1.54) is 0 Å². The van der Waals surface area contributed by atoms with E-state index in [9.17, 15) is 0 Å². The van der Waals surface area contributed by atoms with Gasteiger partial charge in [-0.05, 0) is 44.7 Å². The first-order valence-electron chi connectivity index (χ1n) is 5.71. The zero-order chi connectivity index (χ0) is 12.0. The lowest BCUT2D eigenvalue weighted by molar-refractivity contribution is 0.179. The lowest BCUT2D eigenvalue weighted by Crippen LogP contribution is -2.38. The fourth-order valence-electron chi connectivity index (χ4n) is 1.46. The molecule has 0 bridgehead atoms. The second-order valence-electron chi connectivity index (χ2n) is 3.84. The Morgan fingerprint density at radius 3 is 2.19 bits per heavy atom. The normalized spacial score (nSPS) is 14.2. The van der Waals surface area contributed by atoms with Crippen molar-refractivity contribution in [3.8, 4) is 11.5 Å². The molecule has 0 saturated carbocycles. The maximum Gasteiger partial charge on any atom is 0.120 e. The highest BCUT2D eigenvalue weighted by molar-refractivity contribution is 5.31. The molecule has 0 aliphatic heterocycles. The highest BCUT2D eigenvalue weighted by atomic mass is 16.5. The Bertz CT molecular complexity index is 297. The second kappa shape index (κ2) is 6.38. The number of likely N-dealkylation sites (N-methyl/N-ethyl adjacent to an activating group) is 1. The van der Waals surface area contributed by atoms with Crippen LogP contribution in [0.2, 0.25) is 0 Å². The van der Waals surface area contributed by atoms with Crippen molar-refractivity contribution < 1.29 is 9.47 Å². The zero-order valence-corrected chi connectivity index (χ0v) is 10.5. The lowest BCUT2D eigenvalue weighted by atomic mass is 10.2. The van der Waals surface area contributed by atoms with Gasteiger partial charge in [0.15, 0.2) is 0 Å². The molecule has 0 aromatic heterocycles. The predicted octanol–water partition coefficient (Wildman–Crippen LogP) is 2.46. The van der Waals surface area contributed by atoms with Crippen molar-refractivity contribution in [3.63, 3.8) is 0 Å². The Morgan fingerprint density at radius 2 is 1.69 bits per heavy atom. The Labute approximate surface area is 97.8 Å². The van der Waals surface area contributed by atoms with Crippen LogP contribution < -0.4 is 14.8 Å². The molecule has 1 N–H and O–H groups in total. The summed E-state index contributed by atoms with van der Waals surface area (Å²) in [6, 6.07) is 7.99. The quantitative estimate of drug-likeness (QED) is 0.803. The molecular weight excluding hydrogens is 202 g/mol. The summed E-state index contributed by atoms with van der Waals surface area (Å²) < 4.78 is 10.9. The fraction of sp³-hybridized carbons (Fsp3) is 0.538. The van der Waals surface area contributed by atoms with Crippen LogP contribution in [0.3, 0.4) is 0 Å². The molecule has 0 aliphatic carbocycles. The predicted molar refractivity (Wildman–Crippen MR) is 66.2 cm³/mol. The van der Waals surface area contributed by atoms with E-state index in [0.717, 1.165) is 18.0 Å². The fourth-order valence-corrected chi connectivity index (χ4v) is 1.46. The second-order valence-corrected chi connectivity index (χ2v) is 3.84. The van der Waals surface area contributed by atoms with Gasteiger partial charge in [0.05, 0.1) is 7.11 Å². The smallest absolute Gasteiger partial charge is 0.120 e. The Hall–Kier alpha value is -1.22. The standard InChI is InChI=1S/C13H21NO2/c1-5-14-10(2)11(3)16-13-8-6-12(15-4)7-9-13/h6-11,14H,5H2,1-4H3.